The van der Waals surface area contributed by atoms with Crippen molar-refractivity contribution in [1.29, 1.82) is 0 Å². The van der Waals surface area contributed by atoms with Crippen LogP contribution in [-0.4, -0.2) is 40.6 Å². The highest BCUT2D eigenvalue weighted by Gasteiger charge is 2.28. The number of carbonyl (C=O) groups is 1. The predicted octanol–water partition coefficient (Wildman–Crippen LogP) is 4.31. The van der Waals surface area contributed by atoms with Gasteiger partial charge in [0.2, 0.25) is 17.6 Å². The van der Waals surface area contributed by atoms with Gasteiger partial charge in [0.15, 0.2) is 0 Å². The molecular formula is C22H22ClN3O3. The summed E-state index contributed by atoms with van der Waals surface area (Å²) in [7, 11) is 0. The second-order valence-electron chi connectivity index (χ2n) is 7.12. The average Bonchev–Trinajstić information content (AvgIpc) is 3.25. The van der Waals surface area contributed by atoms with Gasteiger partial charge in [-0.05, 0) is 30.5 Å². The highest BCUT2D eigenvalue weighted by atomic mass is 35.5. The molecule has 7 heteroatoms. The highest BCUT2D eigenvalue weighted by Crippen LogP contribution is 2.28. The zero-order valence-electron chi connectivity index (χ0n) is 16.0. The van der Waals surface area contributed by atoms with Crippen molar-refractivity contribution >= 4 is 17.5 Å². The van der Waals surface area contributed by atoms with Crippen LogP contribution in [-0.2, 0) is 16.1 Å². The van der Waals surface area contributed by atoms with Gasteiger partial charge in [-0.15, -0.1) is 0 Å². The molecule has 2 heterocycles. The predicted molar refractivity (Wildman–Crippen MR) is 109 cm³/mol. The normalized spacial score (nSPS) is 16.7. The van der Waals surface area contributed by atoms with E-state index in [1.165, 1.54) is 0 Å². The third-order valence-corrected chi connectivity index (χ3v) is 5.22. The van der Waals surface area contributed by atoms with E-state index in [-0.39, 0.29) is 18.4 Å². The summed E-state index contributed by atoms with van der Waals surface area (Å²) < 4.78 is 11.1. The van der Waals surface area contributed by atoms with Gasteiger partial charge in [-0.2, -0.15) is 4.98 Å². The lowest BCUT2D eigenvalue weighted by atomic mass is 9.98. The number of carbonyl (C=O) groups excluding carboxylic acids is 1. The smallest absolute Gasteiger partial charge is 0.248 e. The summed E-state index contributed by atoms with van der Waals surface area (Å²) in [5.74, 6) is 1.09. The van der Waals surface area contributed by atoms with E-state index in [4.69, 9.17) is 20.9 Å². The van der Waals surface area contributed by atoms with Crippen LogP contribution in [0.3, 0.4) is 0 Å². The Kier molecular flexibility index (Phi) is 6.22. The van der Waals surface area contributed by atoms with Crippen LogP contribution in [0, 0.1) is 0 Å². The Hall–Kier alpha value is -2.70. The largest absolute Gasteiger partial charge is 0.367 e. The second kappa shape index (κ2) is 9.20. The van der Waals surface area contributed by atoms with Crippen molar-refractivity contribution in [1.82, 2.24) is 15.0 Å². The molecule has 1 fully saturated rings. The standard InChI is InChI=1S/C22H22ClN3O3/c23-19-10-4-8-17(12-19)21-24-22(29-25-21)18-9-5-11-26(13-18)20(27)15-28-14-16-6-2-1-3-7-16/h1-4,6-8,10,12,18H,5,9,11,13-15H2/t18-/m0/s1. The van der Waals surface area contributed by atoms with E-state index in [0.29, 0.717) is 29.9 Å². The van der Waals surface area contributed by atoms with Crippen LogP contribution in [0.1, 0.15) is 30.2 Å². The second-order valence-corrected chi connectivity index (χ2v) is 7.56. The Balaban J connectivity index is 1.34. The summed E-state index contributed by atoms with van der Waals surface area (Å²) in [4.78, 5) is 18.9. The number of rotatable bonds is 6. The van der Waals surface area contributed by atoms with E-state index in [0.717, 1.165) is 30.5 Å². The fourth-order valence-corrected chi connectivity index (χ4v) is 3.66. The maximum Gasteiger partial charge on any atom is 0.248 e. The minimum Gasteiger partial charge on any atom is -0.367 e. The number of benzene rings is 2. The van der Waals surface area contributed by atoms with Crippen molar-refractivity contribution < 1.29 is 14.1 Å². The molecule has 2 aromatic carbocycles. The molecule has 1 atom stereocenters. The number of halogens is 1. The lowest BCUT2D eigenvalue weighted by Crippen LogP contribution is -2.41. The number of hydrogen-bond donors (Lipinski definition) is 0. The lowest BCUT2D eigenvalue weighted by molar-refractivity contribution is -0.137. The van der Waals surface area contributed by atoms with Gasteiger partial charge in [0.25, 0.3) is 0 Å². The van der Waals surface area contributed by atoms with Crippen molar-refractivity contribution in [2.45, 2.75) is 25.4 Å². The van der Waals surface area contributed by atoms with E-state index in [1.54, 1.807) is 12.1 Å². The van der Waals surface area contributed by atoms with E-state index < -0.39 is 0 Å². The van der Waals surface area contributed by atoms with Gasteiger partial charge in [-0.1, -0.05) is 59.2 Å². The highest BCUT2D eigenvalue weighted by molar-refractivity contribution is 6.30. The molecule has 0 spiro atoms. The lowest BCUT2D eigenvalue weighted by Gasteiger charge is -2.31. The van der Waals surface area contributed by atoms with Crippen LogP contribution >= 0.6 is 11.6 Å². The topological polar surface area (TPSA) is 68.5 Å². The molecule has 0 N–H and O–H groups in total. The van der Waals surface area contributed by atoms with Crippen LogP contribution in [0.15, 0.2) is 59.1 Å². The molecule has 0 radical (unpaired) electrons. The molecule has 3 aromatic rings. The Bertz CT molecular complexity index is 961. The first kappa shape index (κ1) is 19.6. The van der Waals surface area contributed by atoms with E-state index in [2.05, 4.69) is 10.1 Å². The number of hydrogen-bond acceptors (Lipinski definition) is 5. The quantitative estimate of drug-likeness (QED) is 0.604. The Labute approximate surface area is 174 Å². The summed E-state index contributed by atoms with van der Waals surface area (Å²) in [5, 5.41) is 4.71. The van der Waals surface area contributed by atoms with Gasteiger partial charge >= 0.3 is 0 Å². The van der Waals surface area contributed by atoms with Crippen LogP contribution in [0.25, 0.3) is 11.4 Å². The van der Waals surface area contributed by atoms with Crippen LogP contribution in [0.5, 0.6) is 0 Å². The van der Waals surface area contributed by atoms with Gasteiger partial charge < -0.3 is 14.2 Å². The minimum atomic E-state index is -0.0137. The Morgan fingerprint density at radius 3 is 2.90 bits per heavy atom. The summed E-state index contributed by atoms with van der Waals surface area (Å²) >= 11 is 6.04. The SMILES string of the molecule is O=C(COCc1ccccc1)N1CCC[C@H](c2nc(-c3cccc(Cl)c3)no2)C1. The molecular weight excluding hydrogens is 390 g/mol. The summed E-state index contributed by atoms with van der Waals surface area (Å²) in [6.45, 7) is 1.78. The zero-order chi connectivity index (χ0) is 20.1. The Morgan fingerprint density at radius 2 is 2.07 bits per heavy atom. The molecule has 0 bridgehead atoms. The summed E-state index contributed by atoms with van der Waals surface area (Å²) in [6, 6.07) is 17.2. The molecule has 150 valence electrons. The minimum absolute atomic E-state index is 0.0137. The summed E-state index contributed by atoms with van der Waals surface area (Å²) in [5.41, 5.74) is 1.86. The molecule has 1 saturated heterocycles. The number of piperidine rings is 1. The first-order valence-electron chi connectivity index (χ1n) is 9.68. The summed E-state index contributed by atoms with van der Waals surface area (Å²) in [6.07, 6.45) is 1.80. The van der Waals surface area contributed by atoms with Gasteiger partial charge in [0.1, 0.15) is 6.61 Å². The number of aromatic nitrogens is 2. The fourth-order valence-electron chi connectivity index (χ4n) is 3.47. The maximum atomic E-state index is 12.5. The average molecular weight is 412 g/mol. The molecule has 0 unspecified atom stereocenters. The van der Waals surface area contributed by atoms with Crippen LogP contribution in [0.2, 0.25) is 5.02 Å². The molecule has 1 aliphatic rings. The van der Waals surface area contributed by atoms with Gasteiger partial charge in [0, 0.05) is 23.7 Å². The van der Waals surface area contributed by atoms with E-state index in [1.807, 2.05) is 47.4 Å². The molecule has 0 saturated carbocycles. The Morgan fingerprint density at radius 1 is 1.21 bits per heavy atom. The third kappa shape index (κ3) is 5.02. The monoisotopic (exact) mass is 411 g/mol. The number of amides is 1. The third-order valence-electron chi connectivity index (χ3n) is 4.98. The fraction of sp³-hybridized carbons (Fsp3) is 0.318. The molecule has 0 aliphatic carbocycles. The van der Waals surface area contributed by atoms with E-state index in [9.17, 15) is 4.79 Å². The molecule has 1 amide bonds. The van der Waals surface area contributed by atoms with Gasteiger partial charge in [-0.25, -0.2) is 0 Å². The maximum absolute atomic E-state index is 12.5. The molecule has 1 aromatic heterocycles. The number of likely N-dealkylation sites (tertiary alicyclic amines) is 1. The van der Waals surface area contributed by atoms with Crippen molar-refractivity contribution in [3.05, 3.63) is 71.1 Å². The van der Waals surface area contributed by atoms with Crippen LogP contribution < -0.4 is 0 Å². The molecule has 6 nitrogen and oxygen atoms in total. The van der Waals surface area contributed by atoms with Crippen molar-refractivity contribution in [2.75, 3.05) is 19.7 Å². The van der Waals surface area contributed by atoms with Gasteiger partial charge in [0.05, 0.1) is 12.5 Å². The number of ether oxygens (including phenoxy) is 1. The number of nitrogens with zero attached hydrogens (tertiary/aromatic N) is 3. The molecule has 4 rings (SSSR count). The zero-order valence-corrected chi connectivity index (χ0v) is 16.7. The van der Waals surface area contributed by atoms with Crippen LogP contribution in [0.4, 0.5) is 0 Å². The van der Waals surface area contributed by atoms with Crippen molar-refractivity contribution in [3.8, 4) is 11.4 Å². The van der Waals surface area contributed by atoms with Crippen molar-refractivity contribution in [3.63, 3.8) is 0 Å². The first-order chi connectivity index (χ1) is 14.2. The van der Waals surface area contributed by atoms with Crippen molar-refractivity contribution in [2.24, 2.45) is 0 Å². The molecule has 29 heavy (non-hydrogen) atoms. The molecule has 1 aliphatic heterocycles. The van der Waals surface area contributed by atoms with Gasteiger partial charge in [-0.3, -0.25) is 4.79 Å². The van der Waals surface area contributed by atoms with E-state index >= 15 is 0 Å². The first-order valence-corrected chi connectivity index (χ1v) is 10.1.